The molecule has 0 bridgehead atoms. The van der Waals surface area contributed by atoms with Gasteiger partial charge in [-0.15, -0.1) is 0 Å². The molecule has 0 radical (unpaired) electrons. The summed E-state index contributed by atoms with van der Waals surface area (Å²) in [6.07, 6.45) is 0. The number of ether oxygens (including phenoxy) is 1. The Labute approximate surface area is 117 Å². The maximum atomic E-state index is 5.47. The molecule has 3 nitrogen and oxygen atoms in total. The number of piperazine rings is 1. The zero-order valence-corrected chi connectivity index (χ0v) is 12.8. The molecule has 19 heavy (non-hydrogen) atoms. The van der Waals surface area contributed by atoms with Gasteiger partial charge in [0.15, 0.2) is 0 Å². The predicted molar refractivity (Wildman–Crippen MR) is 80.0 cm³/mol. The van der Waals surface area contributed by atoms with Crippen molar-refractivity contribution in [2.45, 2.75) is 25.8 Å². The highest BCUT2D eigenvalue weighted by Crippen LogP contribution is 2.31. The van der Waals surface area contributed by atoms with Crippen molar-refractivity contribution in [2.75, 3.05) is 40.8 Å². The van der Waals surface area contributed by atoms with Crippen molar-refractivity contribution < 1.29 is 4.74 Å². The number of nitrogens with zero attached hydrogens (tertiary/aromatic N) is 2. The number of likely N-dealkylation sites (N-methyl/N-ethyl adjacent to an activating group) is 2. The molecule has 1 aliphatic heterocycles. The van der Waals surface area contributed by atoms with Gasteiger partial charge in [-0.1, -0.05) is 26.0 Å². The van der Waals surface area contributed by atoms with Gasteiger partial charge in [0.2, 0.25) is 0 Å². The van der Waals surface area contributed by atoms with Crippen LogP contribution in [0.1, 0.15) is 36.9 Å². The number of benzene rings is 1. The molecule has 2 rings (SSSR count). The number of hydrogen-bond acceptors (Lipinski definition) is 3. The molecule has 1 aliphatic rings. The van der Waals surface area contributed by atoms with Gasteiger partial charge >= 0.3 is 0 Å². The molecule has 0 aliphatic carbocycles. The van der Waals surface area contributed by atoms with Crippen LogP contribution >= 0.6 is 0 Å². The van der Waals surface area contributed by atoms with Crippen LogP contribution in [0.4, 0.5) is 0 Å². The van der Waals surface area contributed by atoms with E-state index in [1.165, 1.54) is 11.1 Å². The van der Waals surface area contributed by atoms with E-state index in [9.17, 15) is 0 Å². The Morgan fingerprint density at radius 1 is 1.21 bits per heavy atom. The molecule has 1 aromatic carbocycles. The SMILES string of the molecule is COc1ccc(C2CN(C)CCN2C)cc1C(C)C. The van der Waals surface area contributed by atoms with Crippen molar-refractivity contribution in [2.24, 2.45) is 0 Å². The highest BCUT2D eigenvalue weighted by molar-refractivity contribution is 5.40. The first-order valence-corrected chi connectivity index (χ1v) is 7.09. The number of rotatable bonds is 3. The lowest BCUT2D eigenvalue weighted by Crippen LogP contribution is -2.44. The molecule has 106 valence electrons. The smallest absolute Gasteiger partial charge is 0.122 e. The molecule has 0 N–H and O–H groups in total. The van der Waals surface area contributed by atoms with Crippen molar-refractivity contribution in [3.63, 3.8) is 0 Å². The van der Waals surface area contributed by atoms with Gasteiger partial charge in [0.05, 0.1) is 7.11 Å². The average Bonchev–Trinajstić information content (AvgIpc) is 2.40. The van der Waals surface area contributed by atoms with E-state index in [-0.39, 0.29) is 0 Å². The molecule has 0 spiro atoms. The fraction of sp³-hybridized carbons (Fsp3) is 0.625. The van der Waals surface area contributed by atoms with E-state index in [1.807, 2.05) is 0 Å². The van der Waals surface area contributed by atoms with Crippen LogP contribution in [0.25, 0.3) is 0 Å². The third-order valence-corrected chi connectivity index (χ3v) is 4.11. The summed E-state index contributed by atoms with van der Waals surface area (Å²) in [5, 5.41) is 0. The van der Waals surface area contributed by atoms with Gasteiger partial charge in [-0.3, -0.25) is 4.90 Å². The fourth-order valence-electron chi connectivity index (χ4n) is 2.78. The lowest BCUT2D eigenvalue weighted by molar-refractivity contribution is 0.115. The van der Waals surface area contributed by atoms with E-state index in [2.05, 4.69) is 55.9 Å². The summed E-state index contributed by atoms with van der Waals surface area (Å²) in [6, 6.07) is 7.14. The monoisotopic (exact) mass is 262 g/mol. The lowest BCUT2D eigenvalue weighted by atomic mass is 9.95. The molecule has 1 unspecified atom stereocenters. The lowest BCUT2D eigenvalue weighted by Gasteiger charge is -2.38. The van der Waals surface area contributed by atoms with Gasteiger partial charge in [-0.25, -0.2) is 0 Å². The van der Waals surface area contributed by atoms with Crippen LogP contribution in [0.2, 0.25) is 0 Å². The molecule has 3 heteroatoms. The van der Waals surface area contributed by atoms with E-state index in [0.29, 0.717) is 12.0 Å². The van der Waals surface area contributed by atoms with Crippen molar-refractivity contribution in [3.05, 3.63) is 29.3 Å². The summed E-state index contributed by atoms with van der Waals surface area (Å²) in [4.78, 5) is 4.86. The Morgan fingerprint density at radius 2 is 1.95 bits per heavy atom. The van der Waals surface area contributed by atoms with Crippen LogP contribution in [0.15, 0.2) is 18.2 Å². The second-order valence-corrected chi connectivity index (χ2v) is 5.91. The summed E-state index contributed by atoms with van der Waals surface area (Å²) in [7, 11) is 6.17. The van der Waals surface area contributed by atoms with E-state index in [4.69, 9.17) is 4.74 Å². The van der Waals surface area contributed by atoms with Crippen LogP contribution in [0, 0.1) is 0 Å². The third-order valence-electron chi connectivity index (χ3n) is 4.11. The van der Waals surface area contributed by atoms with Crippen LogP contribution in [-0.4, -0.2) is 50.6 Å². The van der Waals surface area contributed by atoms with Crippen molar-refractivity contribution in [1.29, 1.82) is 0 Å². The highest BCUT2D eigenvalue weighted by Gasteiger charge is 2.24. The molecular weight excluding hydrogens is 236 g/mol. The Hall–Kier alpha value is -1.06. The zero-order valence-electron chi connectivity index (χ0n) is 12.8. The van der Waals surface area contributed by atoms with Gasteiger partial charge in [0.25, 0.3) is 0 Å². The number of methoxy groups -OCH3 is 1. The zero-order chi connectivity index (χ0) is 14.0. The largest absolute Gasteiger partial charge is 0.496 e. The Balaban J connectivity index is 2.31. The Bertz CT molecular complexity index is 431. The van der Waals surface area contributed by atoms with E-state index >= 15 is 0 Å². The van der Waals surface area contributed by atoms with E-state index in [1.54, 1.807) is 7.11 Å². The first kappa shape index (κ1) is 14.4. The van der Waals surface area contributed by atoms with Crippen molar-refractivity contribution >= 4 is 0 Å². The summed E-state index contributed by atoms with van der Waals surface area (Å²) in [5.74, 6) is 1.49. The van der Waals surface area contributed by atoms with Gasteiger partial charge < -0.3 is 9.64 Å². The number of hydrogen-bond donors (Lipinski definition) is 0. The summed E-state index contributed by atoms with van der Waals surface area (Å²) >= 11 is 0. The van der Waals surface area contributed by atoms with Gasteiger partial charge in [-0.2, -0.15) is 0 Å². The van der Waals surface area contributed by atoms with Crippen molar-refractivity contribution in [3.8, 4) is 5.75 Å². The summed E-state index contributed by atoms with van der Waals surface area (Å²) < 4.78 is 5.47. The molecule has 0 amide bonds. The maximum absolute atomic E-state index is 5.47. The molecule has 0 aromatic heterocycles. The average molecular weight is 262 g/mol. The molecule has 1 atom stereocenters. The highest BCUT2D eigenvalue weighted by atomic mass is 16.5. The minimum atomic E-state index is 0.488. The van der Waals surface area contributed by atoms with Crippen LogP contribution in [0.5, 0.6) is 5.75 Å². The molecular formula is C16H26N2O. The molecule has 1 fully saturated rings. The van der Waals surface area contributed by atoms with Gasteiger partial charge in [0.1, 0.15) is 5.75 Å². The first-order chi connectivity index (χ1) is 9.02. The topological polar surface area (TPSA) is 15.7 Å². The Morgan fingerprint density at radius 3 is 2.58 bits per heavy atom. The normalized spacial score (nSPS) is 21.9. The van der Waals surface area contributed by atoms with Gasteiger partial charge in [-0.05, 0) is 37.2 Å². The van der Waals surface area contributed by atoms with Crippen LogP contribution in [-0.2, 0) is 0 Å². The van der Waals surface area contributed by atoms with Crippen LogP contribution < -0.4 is 4.74 Å². The quantitative estimate of drug-likeness (QED) is 0.833. The Kier molecular flexibility index (Phi) is 4.48. The first-order valence-electron chi connectivity index (χ1n) is 7.09. The van der Waals surface area contributed by atoms with E-state index < -0.39 is 0 Å². The van der Waals surface area contributed by atoms with Crippen LogP contribution in [0.3, 0.4) is 0 Å². The fourth-order valence-corrected chi connectivity index (χ4v) is 2.78. The van der Waals surface area contributed by atoms with E-state index in [0.717, 1.165) is 25.4 Å². The minimum absolute atomic E-state index is 0.488. The second kappa shape index (κ2) is 5.93. The van der Waals surface area contributed by atoms with Crippen molar-refractivity contribution in [1.82, 2.24) is 9.80 Å². The maximum Gasteiger partial charge on any atom is 0.122 e. The minimum Gasteiger partial charge on any atom is -0.496 e. The van der Waals surface area contributed by atoms with Gasteiger partial charge in [0, 0.05) is 25.7 Å². The summed E-state index contributed by atoms with van der Waals surface area (Å²) in [5.41, 5.74) is 2.71. The molecule has 1 aromatic rings. The predicted octanol–water partition coefficient (Wildman–Crippen LogP) is 2.74. The molecule has 1 saturated heterocycles. The molecule has 0 saturated carbocycles. The standard InChI is InChI=1S/C16H26N2O/c1-12(2)14-10-13(6-7-16(14)19-5)15-11-17(3)8-9-18(15)4/h6-7,10,12,15H,8-9,11H2,1-5H3. The summed E-state index contributed by atoms with van der Waals surface area (Å²) in [6.45, 7) is 7.82. The molecule has 1 heterocycles. The second-order valence-electron chi connectivity index (χ2n) is 5.91. The third kappa shape index (κ3) is 3.10.